The molecule has 0 amide bonds. The molecule has 4 nitrogen and oxygen atoms in total. The van der Waals surface area contributed by atoms with Crippen LogP contribution >= 0.6 is 0 Å². The normalized spacial score (nSPS) is 28.1. The van der Waals surface area contributed by atoms with Crippen molar-refractivity contribution >= 4 is 5.97 Å². The molecule has 0 aromatic heterocycles. The van der Waals surface area contributed by atoms with E-state index in [-0.39, 0.29) is 18.6 Å². The van der Waals surface area contributed by atoms with E-state index in [9.17, 15) is 9.90 Å². The molecule has 1 aliphatic heterocycles. The monoisotopic (exact) mass is 201 g/mol. The fourth-order valence-electron chi connectivity index (χ4n) is 2.13. The number of hydrogen-bond donors (Lipinski definition) is 2. The number of likely N-dealkylation sites (tertiary alicyclic amines) is 1. The Morgan fingerprint density at radius 3 is 2.86 bits per heavy atom. The quantitative estimate of drug-likeness (QED) is 0.687. The minimum atomic E-state index is -0.750. The third-order valence-electron chi connectivity index (χ3n) is 2.92. The topological polar surface area (TPSA) is 60.8 Å². The molecule has 14 heavy (non-hydrogen) atoms. The second-order valence-corrected chi connectivity index (χ2v) is 3.84. The fraction of sp³-hybridized carbons (Fsp3) is 0.900. The summed E-state index contributed by atoms with van der Waals surface area (Å²) in [5.41, 5.74) is 0. The summed E-state index contributed by atoms with van der Waals surface area (Å²) < 4.78 is 0. The molecule has 1 rings (SSSR count). The first-order chi connectivity index (χ1) is 6.65. The number of likely N-dealkylation sites (N-methyl/N-ethyl adjacent to an activating group) is 1. The second-order valence-electron chi connectivity index (χ2n) is 3.84. The van der Waals surface area contributed by atoms with Crippen LogP contribution in [0.4, 0.5) is 0 Å². The number of aliphatic hydroxyl groups excluding tert-OH is 1. The largest absolute Gasteiger partial charge is 0.481 e. The number of aliphatic hydroxyl groups is 1. The molecule has 0 radical (unpaired) electrons. The molecule has 2 N–H and O–H groups in total. The highest BCUT2D eigenvalue weighted by atomic mass is 16.4. The lowest BCUT2D eigenvalue weighted by atomic mass is 10.1. The Balaban J connectivity index is 2.30. The molecule has 1 saturated heterocycles. The molecule has 0 unspecified atom stereocenters. The molecule has 0 spiro atoms. The third kappa shape index (κ3) is 2.96. The van der Waals surface area contributed by atoms with Gasteiger partial charge in [0.25, 0.3) is 0 Å². The molecule has 1 aliphatic rings. The summed E-state index contributed by atoms with van der Waals surface area (Å²) in [5.74, 6) is -0.750. The highest BCUT2D eigenvalue weighted by Crippen LogP contribution is 2.21. The lowest BCUT2D eigenvalue weighted by Gasteiger charge is -2.24. The van der Waals surface area contributed by atoms with Gasteiger partial charge in [-0.15, -0.1) is 0 Å². The van der Waals surface area contributed by atoms with Gasteiger partial charge < -0.3 is 10.2 Å². The van der Waals surface area contributed by atoms with Crippen LogP contribution in [-0.2, 0) is 4.79 Å². The van der Waals surface area contributed by atoms with Gasteiger partial charge in [-0.2, -0.15) is 0 Å². The van der Waals surface area contributed by atoms with Crippen LogP contribution in [0.2, 0.25) is 0 Å². The molecule has 82 valence electrons. The number of carboxylic acid groups (broad SMARTS) is 1. The average molecular weight is 201 g/mol. The first-order valence-electron chi connectivity index (χ1n) is 5.29. The Morgan fingerprint density at radius 1 is 1.57 bits per heavy atom. The number of nitrogens with zero attached hydrogens (tertiary/aromatic N) is 1. The highest BCUT2D eigenvalue weighted by Gasteiger charge is 2.30. The predicted octanol–water partition coefficient (Wildman–Crippen LogP) is 0.696. The molecule has 0 saturated carbocycles. The van der Waals surface area contributed by atoms with Gasteiger partial charge >= 0.3 is 5.97 Å². The van der Waals surface area contributed by atoms with Crippen molar-refractivity contribution in [2.75, 3.05) is 13.1 Å². The van der Waals surface area contributed by atoms with Gasteiger partial charge in [0.15, 0.2) is 0 Å². The maximum Gasteiger partial charge on any atom is 0.303 e. The van der Waals surface area contributed by atoms with E-state index in [1.54, 1.807) is 0 Å². The summed E-state index contributed by atoms with van der Waals surface area (Å²) in [5, 5.41) is 18.2. The van der Waals surface area contributed by atoms with Gasteiger partial charge in [0.2, 0.25) is 0 Å². The Bertz CT molecular complexity index is 196. The zero-order chi connectivity index (χ0) is 10.6. The van der Waals surface area contributed by atoms with Crippen molar-refractivity contribution in [1.82, 2.24) is 4.90 Å². The standard InChI is InChI=1S/C10H19NO3/c1-2-11-7-6-9(12)8(11)4-3-5-10(13)14/h8-9,12H,2-7H2,1H3,(H,13,14)/t8-,9+/m1/s1. The molecular formula is C10H19NO3. The van der Waals surface area contributed by atoms with E-state index in [4.69, 9.17) is 5.11 Å². The maximum atomic E-state index is 10.3. The number of carbonyl (C=O) groups is 1. The van der Waals surface area contributed by atoms with Gasteiger partial charge in [0, 0.05) is 19.0 Å². The van der Waals surface area contributed by atoms with Crippen LogP contribution in [-0.4, -0.2) is 46.3 Å². The lowest BCUT2D eigenvalue weighted by Crippen LogP contribution is -2.34. The maximum absolute atomic E-state index is 10.3. The zero-order valence-corrected chi connectivity index (χ0v) is 8.65. The van der Waals surface area contributed by atoms with Gasteiger partial charge in [-0.25, -0.2) is 0 Å². The van der Waals surface area contributed by atoms with E-state index >= 15 is 0 Å². The van der Waals surface area contributed by atoms with Crippen molar-refractivity contribution in [3.05, 3.63) is 0 Å². The zero-order valence-electron chi connectivity index (χ0n) is 8.65. The summed E-state index contributed by atoms with van der Waals surface area (Å²) in [4.78, 5) is 12.6. The van der Waals surface area contributed by atoms with E-state index in [0.717, 1.165) is 25.9 Å². The Kier molecular flexibility index (Phi) is 4.35. The first-order valence-corrected chi connectivity index (χ1v) is 5.29. The van der Waals surface area contributed by atoms with E-state index in [1.165, 1.54) is 0 Å². The van der Waals surface area contributed by atoms with E-state index in [1.807, 2.05) is 0 Å². The van der Waals surface area contributed by atoms with Crippen molar-refractivity contribution in [2.45, 2.75) is 44.8 Å². The SMILES string of the molecule is CCN1CC[C@H](O)[C@H]1CCCC(=O)O. The van der Waals surface area contributed by atoms with Gasteiger partial charge in [0.05, 0.1) is 6.10 Å². The number of carboxylic acids is 1. The van der Waals surface area contributed by atoms with Crippen LogP contribution in [0.3, 0.4) is 0 Å². The number of aliphatic carboxylic acids is 1. The number of hydrogen-bond acceptors (Lipinski definition) is 3. The number of rotatable bonds is 5. The van der Waals surface area contributed by atoms with Crippen LogP contribution in [0.5, 0.6) is 0 Å². The second kappa shape index (κ2) is 5.32. The van der Waals surface area contributed by atoms with E-state index in [2.05, 4.69) is 11.8 Å². The molecule has 2 atom stereocenters. The fourth-order valence-corrected chi connectivity index (χ4v) is 2.13. The van der Waals surface area contributed by atoms with Crippen LogP contribution in [0.25, 0.3) is 0 Å². The third-order valence-corrected chi connectivity index (χ3v) is 2.92. The average Bonchev–Trinajstić information content (AvgIpc) is 2.47. The van der Waals surface area contributed by atoms with Crippen molar-refractivity contribution in [3.8, 4) is 0 Å². The Labute approximate surface area is 84.5 Å². The summed E-state index contributed by atoms with van der Waals surface area (Å²) in [6.07, 6.45) is 2.23. The minimum Gasteiger partial charge on any atom is -0.481 e. The van der Waals surface area contributed by atoms with Crippen LogP contribution < -0.4 is 0 Å². The molecule has 0 aromatic carbocycles. The predicted molar refractivity (Wildman–Crippen MR) is 53.1 cm³/mol. The minimum absolute atomic E-state index is 0.180. The van der Waals surface area contributed by atoms with Crippen LogP contribution in [0, 0.1) is 0 Å². The molecule has 4 heteroatoms. The van der Waals surface area contributed by atoms with Crippen molar-refractivity contribution < 1.29 is 15.0 Å². The van der Waals surface area contributed by atoms with Crippen molar-refractivity contribution in [1.29, 1.82) is 0 Å². The van der Waals surface area contributed by atoms with E-state index in [0.29, 0.717) is 6.42 Å². The smallest absolute Gasteiger partial charge is 0.303 e. The van der Waals surface area contributed by atoms with Gasteiger partial charge in [-0.3, -0.25) is 9.69 Å². The lowest BCUT2D eigenvalue weighted by molar-refractivity contribution is -0.137. The Hall–Kier alpha value is -0.610. The Morgan fingerprint density at radius 2 is 2.29 bits per heavy atom. The molecule has 0 bridgehead atoms. The van der Waals surface area contributed by atoms with Crippen LogP contribution in [0.1, 0.15) is 32.6 Å². The first kappa shape index (κ1) is 11.5. The molecule has 1 heterocycles. The van der Waals surface area contributed by atoms with Gasteiger partial charge in [0.1, 0.15) is 0 Å². The molecule has 1 fully saturated rings. The summed E-state index contributed by atoms with van der Waals surface area (Å²) in [7, 11) is 0. The molecular weight excluding hydrogens is 182 g/mol. The summed E-state index contributed by atoms with van der Waals surface area (Å²) >= 11 is 0. The van der Waals surface area contributed by atoms with Gasteiger partial charge in [-0.1, -0.05) is 6.92 Å². The van der Waals surface area contributed by atoms with Crippen molar-refractivity contribution in [3.63, 3.8) is 0 Å². The van der Waals surface area contributed by atoms with E-state index < -0.39 is 5.97 Å². The van der Waals surface area contributed by atoms with Crippen LogP contribution in [0.15, 0.2) is 0 Å². The highest BCUT2D eigenvalue weighted by molar-refractivity contribution is 5.66. The molecule has 0 aliphatic carbocycles. The summed E-state index contributed by atoms with van der Waals surface area (Å²) in [6.45, 7) is 3.95. The molecule has 0 aromatic rings. The van der Waals surface area contributed by atoms with Crippen molar-refractivity contribution in [2.24, 2.45) is 0 Å². The summed E-state index contributed by atoms with van der Waals surface area (Å²) in [6, 6.07) is 0.180. The van der Waals surface area contributed by atoms with Gasteiger partial charge in [-0.05, 0) is 25.8 Å².